The van der Waals surface area contributed by atoms with E-state index >= 15 is 0 Å². The van der Waals surface area contributed by atoms with Crippen LogP contribution in [-0.2, 0) is 0 Å². The van der Waals surface area contributed by atoms with Crippen LogP contribution in [0.2, 0.25) is 0 Å². The molecule has 0 fully saturated rings. The van der Waals surface area contributed by atoms with E-state index in [0.29, 0.717) is 0 Å². The quantitative estimate of drug-likeness (QED) is 0.617. The van der Waals surface area contributed by atoms with E-state index in [0.717, 1.165) is 17.1 Å². The second kappa shape index (κ2) is 4.60. The van der Waals surface area contributed by atoms with Gasteiger partial charge in [0.1, 0.15) is 0 Å². The molecule has 0 amide bonds. The van der Waals surface area contributed by atoms with Gasteiger partial charge in [0.25, 0.3) is 0 Å². The fourth-order valence-corrected chi connectivity index (χ4v) is 1.31. The molecule has 0 aliphatic carbocycles. The number of rotatable bonds is 3. The van der Waals surface area contributed by atoms with Crippen LogP contribution in [0.15, 0.2) is 23.2 Å². The van der Waals surface area contributed by atoms with Gasteiger partial charge < -0.3 is 14.6 Å². The first-order valence-corrected chi connectivity index (χ1v) is 5.25. The van der Waals surface area contributed by atoms with Crippen LogP contribution >= 0.6 is 9.24 Å². The normalized spacial score (nSPS) is 15.9. The lowest BCUT2D eigenvalue weighted by Crippen LogP contribution is -1.99. The molecule has 1 N–H and O–H groups in total. The van der Waals surface area contributed by atoms with E-state index in [1.165, 1.54) is 0 Å². The molecule has 15 heavy (non-hydrogen) atoms. The molecule has 1 aliphatic heterocycles. The third-order valence-corrected chi connectivity index (χ3v) is 2.38. The zero-order chi connectivity index (χ0) is 10.7. The fraction of sp³-hybridized carbons (Fsp3) is 0.300. The van der Waals surface area contributed by atoms with E-state index in [9.17, 15) is 0 Å². The summed E-state index contributed by atoms with van der Waals surface area (Å²) in [6.45, 7) is 0.296. The number of aliphatic imine (C=N–C) groups is 1. The molecule has 80 valence electrons. The average molecular weight is 225 g/mol. The van der Waals surface area contributed by atoms with E-state index in [1.807, 2.05) is 18.2 Å². The topological polar surface area (TPSA) is 51.1 Å². The van der Waals surface area contributed by atoms with Crippen molar-refractivity contribution in [1.82, 2.24) is 0 Å². The van der Waals surface area contributed by atoms with Crippen LogP contribution in [0.1, 0.15) is 5.56 Å². The molecule has 2 atom stereocenters. The van der Waals surface area contributed by atoms with Gasteiger partial charge in [-0.3, -0.25) is 4.99 Å². The van der Waals surface area contributed by atoms with E-state index in [4.69, 9.17) is 14.6 Å². The van der Waals surface area contributed by atoms with Crippen LogP contribution in [0.3, 0.4) is 0 Å². The largest absolute Gasteiger partial charge is 0.454 e. The molecule has 1 heterocycles. The molecule has 0 radical (unpaired) electrons. The van der Waals surface area contributed by atoms with Crippen molar-refractivity contribution in [1.29, 1.82) is 0 Å². The summed E-state index contributed by atoms with van der Waals surface area (Å²) < 4.78 is 10.4. The first kappa shape index (κ1) is 10.4. The first-order chi connectivity index (χ1) is 7.29. The molecule has 2 unspecified atom stereocenters. The van der Waals surface area contributed by atoms with E-state index < -0.39 is 0 Å². The maximum absolute atomic E-state index is 8.79. The van der Waals surface area contributed by atoms with E-state index in [2.05, 4.69) is 14.2 Å². The van der Waals surface area contributed by atoms with Crippen LogP contribution in [0, 0.1) is 0 Å². The van der Waals surface area contributed by atoms with Gasteiger partial charge in [0, 0.05) is 6.21 Å². The highest BCUT2D eigenvalue weighted by atomic mass is 31.0. The van der Waals surface area contributed by atoms with Crippen molar-refractivity contribution in [3.63, 3.8) is 0 Å². The summed E-state index contributed by atoms with van der Waals surface area (Å²) >= 11 is 0. The smallest absolute Gasteiger partial charge is 0.231 e. The Kier molecular flexibility index (Phi) is 3.19. The van der Waals surface area contributed by atoms with Crippen molar-refractivity contribution >= 4 is 15.5 Å². The lowest BCUT2D eigenvalue weighted by atomic mass is 10.2. The number of nitrogens with zero attached hydrogens (tertiary/aromatic N) is 1. The summed E-state index contributed by atoms with van der Waals surface area (Å²) in [5, 5.41) is 8.79. The van der Waals surface area contributed by atoms with Crippen LogP contribution < -0.4 is 9.47 Å². The first-order valence-electron chi connectivity index (χ1n) is 4.59. The highest BCUT2D eigenvalue weighted by Gasteiger charge is 2.12. The minimum Gasteiger partial charge on any atom is -0.454 e. The van der Waals surface area contributed by atoms with Gasteiger partial charge in [0.15, 0.2) is 11.5 Å². The Morgan fingerprint density at radius 1 is 1.47 bits per heavy atom. The summed E-state index contributed by atoms with van der Waals surface area (Å²) in [5.41, 5.74) is 0.931. The van der Waals surface area contributed by atoms with Gasteiger partial charge in [-0.05, 0) is 23.8 Å². The van der Waals surface area contributed by atoms with Gasteiger partial charge in [-0.15, -0.1) is 9.24 Å². The highest BCUT2D eigenvalue weighted by Crippen LogP contribution is 2.31. The Morgan fingerprint density at radius 2 is 2.27 bits per heavy atom. The Bertz CT molecular complexity index is 381. The molecule has 5 heteroatoms. The summed E-state index contributed by atoms with van der Waals surface area (Å²) in [4.78, 5) is 4.13. The van der Waals surface area contributed by atoms with Gasteiger partial charge in [0.05, 0.1) is 12.4 Å². The second-order valence-corrected chi connectivity index (χ2v) is 3.91. The molecule has 0 spiro atoms. The minimum atomic E-state index is -0.157. The molecule has 1 aromatic rings. The van der Waals surface area contributed by atoms with Gasteiger partial charge in [-0.2, -0.15) is 0 Å². The van der Waals surface area contributed by atoms with Crippen molar-refractivity contribution in [2.45, 2.75) is 5.78 Å². The number of aliphatic hydroxyl groups is 1. The monoisotopic (exact) mass is 225 g/mol. The lowest BCUT2D eigenvalue weighted by Gasteiger charge is -2.00. The Labute approximate surface area is 90.1 Å². The molecule has 0 saturated heterocycles. The van der Waals surface area contributed by atoms with Crippen molar-refractivity contribution in [3.05, 3.63) is 23.8 Å². The van der Waals surface area contributed by atoms with Gasteiger partial charge >= 0.3 is 0 Å². The van der Waals surface area contributed by atoms with Crippen molar-refractivity contribution in [3.8, 4) is 11.5 Å². The van der Waals surface area contributed by atoms with Crippen LogP contribution in [0.4, 0.5) is 0 Å². The molecule has 1 aromatic carbocycles. The van der Waals surface area contributed by atoms with Gasteiger partial charge in [-0.25, -0.2) is 0 Å². The Morgan fingerprint density at radius 3 is 3.07 bits per heavy atom. The summed E-state index contributed by atoms with van der Waals surface area (Å²) in [5.74, 6) is 1.34. The van der Waals surface area contributed by atoms with E-state index in [1.54, 1.807) is 6.21 Å². The summed E-state index contributed by atoms with van der Waals surface area (Å²) in [7, 11) is 2.45. The molecule has 0 saturated carbocycles. The van der Waals surface area contributed by atoms with Crippen molar-refractivity contribution < 1.29 is 14.6 Å². The zero-order valence-corrected chi connectivity index (χ0v) is 9.24. The van der Waals surface area contributed by atoms with Gasteiger partial charge in [-0.1, -0.05) is 0 Å². The number of ether oxygens (including phenoxy) is 2. The van der Waals surface area contributed by atoms with Crippen molar-refractivity contribution in [2.24, 2.45) is 4.99 Å². The maximum Gasteiger partial charge on any atom is 0.231 e. The average Bonchev–Trinajstić information content (AvgIpc) is 2.72. The third-order valence-electron chi connectivity index (χ3n) is 2.00. The predicted octanol–water partition coefficient (Wildman–Crippen LogP) is 1.03. The molecular weight excluding hydrogens is 213 g/mol. The van der Waals surface area contributed by atoms with Crippen LogP contribution in [0.5, 0.6) is 11.5 Å². The number of hydrogen-bond donors (Lipinski definition) is 1. The maximum atomic E-state index is 8.79. The molecule has 4 nitrogen and oxygen atoms in total. The molecule has 2 rings (SSSR count). The Balaban J connectivity index is 2.13. The number of fused-ring (bicyclic) bond motifs is 1. The number of aliphatic hydroxyl groups excluding tert-OH is 1. The molecule has 1 aliphatic rings. The zero-order valence-electron chi connectivity index (χ0n) is 8.09. The second-order valence-electron chi connectivity index (χ2n) is 3.14. The standard InChI is InChI=1S/C10H12NO3P/c12-5-10(15)11-4-7-1-2-8-9(3-7)14-6-13-8/h1-4,10,12H,5-6,15H2. The third kappa shape index (κ3) is 2.46. The minimum absolute atomic E-state index is 0.0196. The fourth-order valence-electron chi connectivity index (χ4n) is 1.22. The van der Waals surface area contributed by atoms with E-state index in [-0.39, 0.29) is 19.2 Å². The summed E-state index contributed by atoms with van der Waals surface area (Å²) in [6, 6.07) is 5.60. The SMILES string of the molecule is OCC(P)N=Cc1ccc2c(c1)OCO2. The predicted molar refractivity (Wildman–Crippen MR) is 60.7 cm³/mol. The number of hydrogen-bond acceptors (Lipinski definition) is 4. The Hall–Kier alpha value is -1.12. The molecule has 0 aromatic heterocycles. The van der Waals surface area contributed by atoms with Gasteiger partial charge in [0.2, 0.25) is 6.79 Å². The molecular formula is C10H12NO3P. The van der Waals surface area contributed by atoms with Crippen LogP contribution in [-0.4, -0.2) is 30.5 Å². The van der Waals surface area contributed by atoms with Crippen LogP contribution in [0.25, 0.3) is 0 Å². The lowest BCUT2D eigenvalue weighted by molar-refractivity contribution is 0.174. The summed E-state index contributed by atoms with van der Waals surface area (Å²) in [6.07, 6.45) is 1.70. The number of benzene rings is 1. The van der Waals surface area contributed by atoms with Crippen molar-refractivity contribution in [2.75, 3.05) is 13.4 Å². The highest BCUT2D eigenvalue weighted by molar-refractivity contribution is 7.17. The molecule has 0 bridgehead atoms.